The molecule has 108 valence electrons. The summed E-state index contributed by atoms with van der Waals surface area (Å²) in [5.41, 5.74) is 6.32. The summed E-state index contributed by atoms with van der Waals surface area (Å²) in [6.45, 7) is 0. The summed E-state index contributed by atoms with van der Waals surface area (Å²) < 4.78 is 44.2. The van der Waals surface area contributed by atoms with E-state index in [1.54, 1.807) is 18.2 Å². The van der Waals surface area contributed by atoms with Crippen molar-refractivity contribution in [1.29, 1.82) is 0 Å². The van der Waals surface area contributed by atoms with Gasteiger partial charge in [0.2, 0.25) is 5.89 Å². The second kappa shape index (κ2) is 4.77. The van der Waals surface area contributed by atoms with E-state index < -0.39 is 11.7 Å². The molecule has 1 aromatic heterocycles. The molecule has 21 heavy (non-hydrogen) atoms. The van der Waals surface area contributed by atoms with Crippen molar-refractivity contribution < 1.29 is 17.6 Å². The summed E-state index contributed by atoms with van der Waals surface area (Å²) in [4.78, 5) is 4.24. The van der Waals surface area contributed by atoms with Gasteiger partial charge in [0.05, 0.1) is 11.1 Å². The van der Waals surface area contributed by atoms with Crippen molar-refractivity contribution in [3.63, 3.8) is 0 Å². The Labute approximate surface area is 125 Å². The molecule has 0 unspecified atom stereocenters. The Bertz CT molecular complexity index is 827. The zero-order valence-electron chi connectivity index (χ0n) is 10.4. The van der Waals surface area contributed by atoms with Crippen LogP contribution in [0.5, 0.6) is 0 Å². The average molecular weight is 357 g/mol. The van der Waals surface area contributed by atoms with Gasteiger partial charge in [0.15, 0.2) is 5.58 Å². The number of nitrogens with two attached hydrogens (primary N) is 1. The Kier molecular flexibility index (Phi) is 3.16. The highest BCUT2D eigenvalue weighted by Crippen LogP contribution is 2.35. The van der Waals surface area contributed by atoms with Crippen LogP contribution in [-0.4, -0.2) is 4.98 Å². The molecule has 3 nitrogen and oxygen atoms in total. The molecule has 1 heterocycles. The van der Waals surface area contributed by atoms with Crippen LogP contribution >= 0.6 is 15.9 Å². The molecular weight excluding hydrogens is 349 g/mol. The molecule has 7 heteroatoms. The lowest BCUT2D eigenvalue weighted by atomic mass is 10.1. The molecular formula is C14H8BrF3N2O. The Morgan fingerprint density at radius 3 is 2.52 bits per heavy atom. The van der Waals surface area contributed by atoms with Crippen molar-refractivity contribution >= 4 is 32.7 Å². The van der Waals surface area contributed by atoms with Crippen molar-refractivity contribution in [1.82, 2.24) is 4.98 Å². The number of nitrogen functional groups attached to an aromatic ring is 1. The fourth-order valence-electron chi connectivity index (χ4n) is 1.95. The number of rotatable bonds is 1. The maximum absolute atomic E-state index is 12.6. The van der Waals surface area contributed by atoms with Gasteiger partial charge >= 0.3 is 6.18 Å². The number of halogens is 4. The zero-order chi connectivity index (χ0) is 15.2. The molecule has 2 N–H and O–H groups in total. The third-order valence-corrected chi connectivity index (χ3v) is 3.45. The first-order valence-electron chi connectivity index (χ1n) is 5.88. The minimum atomic E-state index is -4.43. The highest BCUT2D eigenvalue weighted by Gasteiger charge is 2.31. The molecule has 0 aliphatic rings. The van der Waals surface area contributed by atoms with Gasteiger partial charge in [0.1, 0.15) is 5.52 Å². The smallest absolute Gasteiger partial charge is 0.416 e. The number of fused-ring (bicyclic) bond motifs is 1. The van der Waals surface area contributed by atoms with Gasteiger partial charge in [-0.3, -0.25) is 0 Å². The van der Waals surface area contributed by atoms with E-state index in [2.05, 4.69) is 20.9 Å². The zero-order valence-corrected chi connectivity index (χ0v) is 12.0. The molecule has 0 bridgehead atoms. The largest absolute Gasteiger partial charge is 0.436 e. The van der Waals surface area contributed by atoms with E-state index in [1.165, 1.54) is 6.07 Å². The van der Waals surface area contributed by atoms with Gasteiger partial charge in [-0.05, 0) is 36.4 Å². The van der Waals surface area contributed by atoms with Crippen LogP contribution in [0.4, 0.5) is 18.9 Å². The molecule has 0 aliphatic heterocycles. The quantitative estimate of drug-likeness (QED) is 0.633. The number of hydrogen-bond acceptors (Lipinski definition) is 3. The third-order valence-electron chi connectivity index (χ3n) is 2.96. The minimum Gasteiger partial charge on any atom is -0.436 e. The van der Waals surface area contributed by atoms with E-state index in [1.807, 2.05) is 0 Å². The van der Waals surface area contributed by atoms with Gasteiger partial charge in [-0.25, -0.2) is 4.98 Å². The standard InChI is InChI=1S/C14H8BrF3N2O/c15-8-2-4-12-11(6-8)20-13(21-12)9-3-1-7(5-10(9)19)14(16,17)18/h1-6H,19H2. The molecule has 0 amide bonds. The maximum atomic E-state index is 12.6. The molecule has 0 fully saturated rings. The third kappa shape index (κ3) is 2.61. The second-order valence-electron chi connectivity index (χ2n) is 4.43. The number of aromatic nitrogens is 1. The SMILES string of the molecule is Nc1cc(C(F)(F)F)ccc1-c1nc2cc(Br)ccc2o1. The van der Waals surface area contributed by atoms with E-state index in [4.69, 9.17) is 10.2 Å². The lowest BCUT2D eigenvalue weighted by Crippen LogP contribution is -2.06. The van der Waals surface area contributed by atoms with Crippen molar-refractivity contribution in [2.75, 3.05) is 5.73 Å². The van der Waals surface area contributed by atoms with Gasteiger partial charge in [0, 0.05) is 10.2 Å². The lowest BCUT2D eigenvalue weighted by molar-refractivity contribution is -0.137. The van der Waals surface area contributed by atoms with Crippen LogP contribution in [0.3, 0.4) is 0 Å². The summed E-state index contributed by atoms with van der Waals surface area (Å²) >= 11 is 3.31. The fraction of sp³-hybridized carbons (Fsp3) is 0.0714. The number of alkyl halides is 3. The number of nitrogens with zero attached hydrogens (tertiary/aromatic N) is 1. The second-order valence-corrected chi connectivity index (χ2v) is 5.35. The van der Waals surface area contributed by atoms with Crippen LogP contribution < -0.4 is 5.73 Å². The molecule has 2 aromatic carbocycles. The van der Waals surface area contributed by atoms with Crippen molar-refractivity contribution in [3.8, 4) is 11.5 Å². The van der Waals surface area contributed by atoms with E-state index in [9.17, 15) is 13.2 Å². The van der Waals surface area contributed by atoms with Gasteiger partial charge in [-0.2, -0.15) is 13.2 Å². The predicted molar refractivity (Wildman–Crippen MR) is 76.6 cm³/mol. The van der Waals surface area contributed by atoms with Crippen molar-refractivity contribution in [2.45, 2.75) is 6.18 Å². The minimum absolute atomic E-state index is 0.0320. The maximum Gasteiger partial charge on any atom is 0.416 e. The van der Waals surface area contributed by atoms with Gasteiger partial charge in [-0.15, -0.1) is 0 Å². The monoisotopic (exact) mass is 356 g/mol. The molecule has 0 aliphatic carbocycles. The number of oxazole rings is 1. The normalized spacial score (nSPS) is 12.0. The Morgan fingerprint density at radius 2 is 1.86 bits per heavy atom. The molecule has 0 radical (unpaired) electrons. The summed E-state index contributed by atoms with van der Waals surface area (Å²) in [6, 6.07) is 8.35. The highest BCUT2D eigenvalue weighted by molar-refractivity contribution is 9.10. The van der Waals surface area contributed by atoms with Crippen LogP contribution in [0, 0.1) is 0 Å². The first kappa shape index (κ1) is 13.9. The summed E-state index contributed by atoms with van der Waals surface area (Å²) in [6.07, 6.45) is -4.43. The van der Waals surface area contributed by atoms with Gasteiger partial charge in [0.25, 0.3) is 0 Å². The molecule has 0 saturated heterocycles. The Morgan fingerprint density at radius 1 is 1.10 bits per heavy atom. The van der Waals surface area contributed by atoms with Crippen LogP contribution in [-0.2, 0) is 6.18 Å². The molecule has 3 rings (SSSR count). The van der Waals surface area contributed by atoms with Crippen molar-refractivity contribution in [2.24, 2.45) is 0 Å². The molecule has 0 saturated carbocycles. The first-order chi connectivity index (χ1) is 9.84. The van der Waals surface area contributed by atoms with Gasteiger partial charge < -0.3 is 10.2 Å². The predicted octanol–water partition coefficient (Wildman–Crippen LogP) is 4.86. The first-order valence-corrected chi connectivity index (χ1v) is 6.67. The van der Waals surface area contributed by atoms with E-state index in [0.717, 1.165) is 16.6 Å². The average Bonchev–Trinajstić information content (AvgIpc) is 2.80. The van der Waals surface area contributed by atoms with Crippen molar-refractivity contribution in [3.05, 3.63) is 46.4 Å². The van der Waals surface area contributed by atoms with E-state index in [0.29, 0.717) is 16.7 Å². The van der Waals surface area contributed by atoms with E-state index in [-0.39, 0.29) is 11.6 Å². The highest BCUT2D eigenvalue weighted by atomic mass is 79.9. The number of anilines is 1. The topological polar surface area (TPSA) is 52.0 Å². The summed E-state index contributed by atoms with van der Waals surface area (Å²) in [7, 11) is 0. The Hall–Kier alpha value is -2.02. The van der Waals surface area contributed by atoms with Crippen LogP contribution in [0.25, 0.3) is 22.6 Å². The lowest BCUT2D eigenvalue weighted by Gasteiger charge is -2.08. The number of hydrogen-bond donors (Lipinski definition) is 1. The molecule has 3 aromatic rings. The van der Waals surface area contributed by atoms with Crippen LogP contribution in [0.1, 0.15) is 5.56 Å². The van der Waals surface area contributed by atoms with Crippen LogP contribution in [0.15, 0.2) is 45.3 Å². The van der Waals surface area contributed by atoms with E-state index >= 15 is 0 Å². The summed E-state index contributed by atoms with van der Waals surface area (Å²) in [5.74, 6) is 0.189. The van der Waals surface area contributed by atoms with Crippen LogP contribution in [0.2, 0.25) is 0 Å². The summed E-state index contributed by atoms with van der Waals surface area (Å²) in [5, 5.41) is 0. The Balaban J connectivity index is 2.10. The molecule has 0 atom stereocenters. The van der Waals surface area contributed by atoms with Gasteiger partial charge in [-0.1, -0.05) is 15.9 Å². The fourth-order valence-corrected chi connectivity index (χ4v) is 2.30. The number of benzene rings is 2. The molecule has 0 spiro atoms.